The number of esters is 1. The second-order valence-electron chi connectivity index (χ2n) is 4.98. The molecule has 24 heavy (non-hydrogen) atoms. The van der Waals surface area contributed by atoms with Crippen molar-refractivity contribution < 1.29 is 18.7 Å². The van der Waals surface area contributed by atoms with Crippen LogP contribution in [0.3, 0.4) is 0 Å². The highest BCUT2D eigenvalue weighted by Gasteiger charge is 2.17. The van der Waals surface area contributed by atoms with Crippen LogP contribution >= 0.6 is 0 Å². The quantitative estimate of drug-likeness (QED) is 0.703. The van der Waals surface area contributed by atoms with Crippen LogP contribution in [0.5, 0.6) is 0 Å². The summed E-state index contributed by atoms with van der Waals surface area (Å²) < 4.78 is 9.78. The van der Waals surface area contributed by atoms with Gasteiger partial charge in [0, 0.05) is 23.6 Å². The van der Waals surface area contributed by atoms with E-state index in [0.717, 1.165) is 11.4 Å². The molecule has 0 unspecified atom stereocenters. The molecule has 7 heteroatoms. The molecule has 0 atom stereocenters. The monoisotopic (exact) mass is 325 g/mol. The third-order valence-corrected chi connectivity index (χ3v) is 3.44. The lowest BCUT2D eigenvalue weighted by Gasteiger charge is -2.06. The molecule has 0 bridgehead atoms. The Morgan fingerprint density at radius 3 is 2.71 bits per heavy atom. The number of methoxy groups -OCH3 is 1. The largest absolute Gasteiger partial charge is 0.469 e. The zero-order valence-corrected chi connectivity index (χ0v) is 12.9. The number of carbonyl (C=O) groups excluding carboxylic acids is 2. The molecule has 3 rings (SSSR count). The highest BCUT2D eigenvalue weighted by molar-refractivity contribution is 6.05. The zero-order chi connectivity index (χ0) is 16.9. The van der Waals surface area contributed by atoms with Gasteiger partial charge in [-0.2, -0.15) is 0 Å². The summed E-state index contributed by atoms with van der Waals surface area (Å²) in [4.78, 5) is 30.9. The summed E-state index contributed by atoms with van der Waals surface area (Å²) in [5, 5.41) is 2.77. The molecular weight excluding hydrogens is 310 g/mol. The molecule has 0 fully saturated rings. The Bertz CT molecular complexity index is 835. The van der Waals surface area contributed by atoms with Crippen LogP contribution in [0.25, 0.3) is 11.4 Å². The van der Waals surface area contributed by atoms with Crippen LogP contribution in [0.15, 0.2) is 53.4 Å². The number of carbonyl (C=O) groups is 2. The Kier molecular flexibility index (Phi) is 4.42. The van der Waals surface area contributed by atoms with Crippen molar-refractivity contribution in [2.24, 2.45) is 0 Å². The van der Waals surface area contributed by atoms with Gasteiger partial charge < -0.3 is 19.5 Å². The number of rotatable bonds is 5. The number of nitrogens with zero attached hydrogens (tertiary/aromatic N) is 1. The van der Waals surface area contributed by atoms with Gasteiger partial charge in [-0.05, 0) is 30.3 Å². The lowest BCUT2D eigenvalue weighted by molar-refractivity contribution is -0.140. The highest BCUT2D eigenvalue weighted by Crippen LogP contribution is 2.19. The number of amides is 1. The molecule has 0 radical (unpaired) electrons. The number of nitrogens with one attached hydrogen (secondary N) is 2. The second-order valence-corrected chi connectivity index (χ2v) is 4.98. The number of anilines is 1. The third kappa shape index (κ3) is 3.35. The maximum Gasteiger partial charge on any atom is 0.313 e. The van der Waals surface area contributed by atoms with E-state index in [2.05, 4.69) is 20.0 Å². The second kappa shape index (κ2) is 6.82. The number of benzene rings is 1. The summed E-state index contributed by atoms with van der Waals surface area (Å²) >= 11 is 0. The summed E-state index contributed by atoms with van der Waals surface area (Å²) in [5.41, 5.74) is 1.84. The van der Waals surface area contributed by atoms with Gasteiger partial charge in [0.25, 0.3) is 5.91 Å². The van der Waals surface area contributed by atoms with Crippen LogP contribution in [0.4, 0.5) is 5.69 Å². The molecule has 0 saturated carbocycles. The fourth-order valence-corrected chi connectivity index (χ4v) is 2.22. The minimum Gasteiger partial charge on any atom is -0.469 e. The lowest BCUT2D eigenvalue weighted by Crippen LogP contribution is -2.14. The lowest BCUT2D eigenvalue weighted by atomic mass is 10.1. The minimum absolute atomic E-state index is 0.0936. The van der Waals surface area contributed by atoms with E-state index in [4.69, 9.17) is 4.42 Å². The van der Waals surface area contributed by atoms with Crippen molar-refractivity contribution in [3.63, 3.8) is 0 Å². The number of hydrogen-bond donors (Lipinski definition) is 2. The molecule has 0 aliphatic heterocycles. The Hall–Kier alpha value is -3.35. The van der Waals surface area contributed by atoms with E-state index in [1.807, 2.05) is 12.1 Å². The normalized spacial score (nSPS) is 10.4. The van der Waals surface area contributed by atoms with Crippen LogP contribution in [0.1, 0.15) is 16.1 Å². The number of aromatic nitrogens is 2. The predicted octanol–water partition coefficient (Wildman–Crippen LogP) is 2.64. The third-order valence-electron chi connectivity index (χ3n) is 3.44. The average Bonchev–Trinajstić information content (AvgIpc) is 3.27. The summed E-state index contributed by atoms with van der Waals surface area (Å²) in [6, 6.07) is 8.76. The van der Waals surface area contributed by atoms with Gasteiger partial charge >= 0.3 is 5.97 Å². The van der Waals surface area contributed by atoms with Gasteiger partial charge in [-0.1, -0.05) is 0 Å². The zero-order valence-electron chi connectivity index (χ0n) is 12.9. The van der Waals surface area contributed by atoms with Gasteiger partial charge in [0.05, 0.1) is 18.9 Å². The van der Waals surface area contributed by atoms with Crippen LogP contribution < -0.4 is 5.32 Å². The molecule has 2 N–H and O–H groups in total. The fourth-order valence-electron chi connectivity index (χ4n) is 2.22. The van der Waals surface area contributed by atoms with Crippen molar-refractivity contribution in [2.45, 2.75) is 6.42 Å². The SMILES string of the molecule is COC(=O)Cc1occc1C(=O)Nc1ccc(-c2ncc[nH]2)cc1. The van der Waals surface area contributed by atoms with Gasteiger partial charge in [0.15, 0.2) is 0 Å². The first-order valence-corrected chi connectivity index (χ1v) is 7.21. The van der Waals surface area contributed by atoms with Crippen LogP contribution in [0, 0.1) is 0 Å². The van der Waals surface area contributed by atoms with Gasteiger partial charge in [0.2, 0.25) is 0 Å². The molecule has 122 valence electrons. The molecule has 2 heterocycles. The first-order valence-electron chi connectivity index (χ1n) is 7.21. The molecular formula is C17H15N3O4. The van der Waals surface area contributed by atoms with E-state index in [1.165, 1.54) is 19.4 Å². The van der Waals surface area contributed by atoms with Crippen molar-refractivity contribution in [3.8, 4) is 11.4 Å². The molecule has 0 saturated heterocycles. The van der Waals surface area contributed by atoms with Gasteiger partial charge in [-0.15, -0.1) is 0 Å². The number of hydrogen-bond acceptors (Lipinski definition) is 5. The van der Waals surface area contributed by atoms with E-state index >= 15 is 0 Å². The highest BCUT2D eigenvalue weighted by atomic mass is 16.5. The molecule has 1 amide bonds. The number of ether oxygens (including phenoxy) is 1. The van der Waals surface area contributed by atoms with E-state index in [9.17, 15) is 9.59 Å². The first kappa shape index (κ1) is 15.5. The average molecular weight is 325 g/mol. The fraction of sp³-hybridized carbons (Fsp3) is 0.118. The van der Waals surface area contributed by atoms with E-state index in [-0.39, 0.29) is 18.1 Å². The molecule has 3 aromatic rings. The van der Waals surface area contributed by atoms with Crippen molar-refractivity contribution in [1.29, 1.82) is 0 Å². The molecule has 0 aliphatic rings. The maximum atomic E-state index is 12.3. The van der Waals surface area contributed by atoms with E-state index in [0.29, 0.717) is 11.3 Å². The van der Waals surface area contributed by atoms with E-state index in [1.54, 1.807) is 24.5 Å². The molecule has 1 aromatic carbocycles. The summed E-state index contributed by atoms with van der Waals surface area (Å²) in [5.74, 6) is 0.199. The smallest absolute Gasteiger partial charge is 0.313 e. The Labute approximate surface area is 137 Å². The Balaban J connectivity index is 1.71. The van der Waals surface area contributed by atoms with Crippen LogP contribution in [-0.4, -0.2) is 29.0 Å². The number of imidazole rings is 1. The summed E-state index contributed by atoms with van der Waals surface area (Å²) in [6.45, 7) is 0. The Morgan fingerprint density at radius 1 is 1.25 bits per heavy atom. The summed E-state index contributed by atoms with van der Waals surface area (Å²) in [7, 11) is 1.28. The van der Waals surface area contributed by atoms with Crippen molar-refractivity contribution in [1.82, 2.24) is 9.97 Å². The predicted molar refractivity (Wildman–Crippen MR) is 86.4 cm³/mol. The number of H-pyrrole nitrogens is 1. The van der Waals surface area contributed by atoms with Crippen molar-refractivity contribution in [2.75, 3.05) is 12.4 Å². The van der Waals surface area contributed by atoms with Crippen LogP contribution in [-0.2, 0) is 16.0 Å². The summed E-state index contributed by atoms with van der Waals surface area (Å²) in [6.07, 6.45) is 4.69. The molecule has 0 aliphatic carbocycles. The van der Waals surface area contributed by atoms with Crippen molar-refractivity contribution in [3.05, 3.63) is 60.3 Å². The first-order chi connectivity index (χ1) is 11.7. The maximum absolute atomic E-state index is 12.3. The van der Waals surface area contributed by atoms with Crippen LogP contribution in [0.2, 0.25) is 0 Å². The molecule has 2 aromatic heterocycles. The van der Waals surface area contributed by atoms with Gasteiger partial charge in [-0.3, -0.25) is 9.59 Å². The number of furan rings is 1. The molecule has 0 spiro atoms. The van der Waals surface area contributed by atoms with Gasteiger partial charge in [0.1, 0.15) is 18.0 Å². The number of aromatic amines is 1. The standard InChI is InChI=1S/C17H15N3O4/c1-23-15(21)10-14-13(6-9-24-14)17(22)20-12-4-2-11(3-5-12)16-18-7-8-19-16/h2-9H,10H2,1H3,(H,18,19)(H,20,22). The Morgan fingerprint density at radius 2 is 2.04 bits per heavy atom. The molecule has 7 nitrogen and oxygen atoms in total. The van der Waals surface area contributed by atoms with Gasteiger partial charge in [-0.25, -0.2) is 4.98 Å². The van der Waals surface area contributed by atoms with Crippen molar-refractivity contribution >= 4 is 17.6 Å². The van der Waals surface area contributed by atoms with E-state index < -0.39 is 5.97 Å². The minimum atomic E-state index is -0.471. The topological polar surface area (TPSA) is 97.2 Å².